The molecule has 3 heterocycles. The Hall–Kier alpha value is -2.63. The fraction of sp³-hybridized carbons (Fsp3) is 0.421. The summed E-state index contributed by atoms with van der Waals surface area (Å²) in [6, 6.07) is 5.78. The second-order valence-corrected chi connectivity index (χ2v) is 6.82. The van der Waals surface area contributed by atoms with Crippen LogP contribution in [0.5, 0.6) is 0 Å². The summed E-state index contributed by atoms with van der Waals surface area (Å²) in [5, 5.41) is 3.16. The molecule has 2 aromatic rings. The number of likely N-dealkylation sites (tertiary alicyclic amines) is 1. The van der Waals surface area contributed by atoms with E-state index in [-0.39, 0.29) is 23.8 Å². The molecule has 2 aliphatic rings. The van der Waals surface area contributed by atoms with E-state index in [0.717, 1.165) is 24.8 Å². The van der Waals surface area contributed by atoms with Crippen LogP contribution in [0.3, 0.4) is 0 Å². The van der Waals surface area contributed by atoms with Crippen LogP contribution in [0.2, 0.25) is 0 Å². The van der Waals surface area contributed by atoms with Gasteiger partial charge in [0.25, 0.3) is 5.91 Å². The minimum Gasteiger partial charge on any atom is -0.472 e. The summed E-state index contributed by atoms with van der Waals surface area (Å²) in [5.41, 5.74) is 1.72. The predicted octanol–water partition coefficient (Wildman–Crippen LogP) is 2.20. The van der Waals surface area contributed by atoms with Gasteiger partial charge in [0, 0.05) is 37.4 Å². The van der Waals surface area contributed by atoms with Gasteiger partial charge in [-0.15, -0.1) is 0 Å². The molecule has 6 nitrogen and oxygen atoms in total. The number of piperidine rings is 1. The molecule has 0 spiro atoms. The first-order valence-corrected chi connectivity index (χ1v) is 8.74. The number of hydrogen-bond donors (Lipinski definition) is 1. The van der Waals surface area contributed by atoms with Gasteiger partial charge in [0.2, 0.25) is 5.91 Å². The SMILES string of the molecule is O=C(NC1CCN(C(=O)c2ccoc2)CC1)[C@H]1C[C@H]1c1cccnc1. The zero-order valence-corrected chi connectivity index (χ0v) is 13.9. The number of carbonyl (C=O) groups excluding carboxylic acids is 2. The van der Waals surface area contributed by atoms with Crippen molar-refractivity contribution in [2.45, 2.75) is 31.2 Å². The van der Waals surface area contributed by atoms with E-state index in [1.807, 2.05) is 23.2 Å². The van der Waals surface area contributed by atoms with Crippen LogP contribution in [0.15, 0.2) is 47.5 Å². The first kappa shape index (κ1) is 15.9. The third kappa shape index (κ3) is 3.43. The fourth-order valence-corrected chi connectivity index (χ4v) is 3.55. The highest BCUT2D eigenvalue weighted by atomic mass is 16.3. The maximum absolute atomic E-state index is 12.4. The first-order valence-electron chi connectivity index (χ1n) is 8.74. The number of furan rings is 1. The number of nitrogens with one attached hydrogen (secondary N) is 1. The summed E-state index contributed by atoms with van der Waals surface area (Å²) in [7, 11) is 0. The van der Waals surface area contributed by atoms with Crippen molar-refractivity contribution in [1.29, 1.82) is 0 Å². The van der Waals surface area contributed by atoms with E-state index in [2.05, 4.69) is 10.3 Å². The van der Waals surface area contributed by atoms with Gasteiger partial charge in [-0.05, 0) is 42.9 Å². The Morgan fingerprint density at radius 2 is 2.08 bits per heavy atom. The molecule has 1 aliphatic heterocycles. The third-order valence-electron chi connectivity index (χ3n) is 5.14. The molecule has 130 valence electrons. The zero-order valence-electron chi connectivity index (χ0n) is 13.9. The zero-order chi connectivity index (χ0) is 17.2. The molecule has 2 fully saturated rings. The second kappa shape index (κ2) is 6.70. The molecule has 4 rings (SSSR count). The van der Waals surface area contributed by atoms with Crippen LogP contribution < -0.4 is 5.32 Å². The number of aromatic nitrogens is 1. The Labute approximate surface area is 146 Å². The van der Waals surface area contributed by atoms with Gasteiger partial charge in [-0.2, -0.15) is 0 Å². The lowest BCUT2D eigenvalue weighted by Gasteiger charge is -2.32. The van der Waals surface area contributed by atoms with Gasteiger partial charge in [0.1, 0.15) is 6.26 Å². The van der Waals surface area contributed by atoms with Crippen molar-refractivity contribution in [3.05, 3.63) is 54.2 Å². The number of amides is 2. The lowest BCUT2D eigenvalue weighted by molar-refractivity contribution is -0.123. The highest BCUT2D eigenvalue weighted by Crippen LogP contribution is 2.47. The van der Waals surface area contributed by atoms with Gasteiger partial charge < -0.3 is 14.6 Å². The monoisotopic (exact) mass is 339 g/mol. The summed E-state index contributed by atoms with van der Waals surface area (Å²) in [6.45, 7) is 1.32. The highest BCUT2D eigenvalue weighted by Gasteiger charge is 2.44. The molecule has 2 atom stereocenters. The Balaban J connectivity index is 1.25. The number of hydrogen-bond acceptors (Lipinski definition) is 4. The van der Waals surface area contributed by atoms with Gasteiger partial charge in [0.15, 0.2) is 0 Å². The Kier molecular flexibility index (Phi) is 4.26. The highest BCUT2D eigenvalue weighted by molar-refractivity contribution is 5.93. The van der Waals surface area contributed by atoms with Crippen molar-refractivity contribution in [3.8, 4) is 0 Å². The second-order valence-electron chi connectivity index (χ2n) is 6.82. The van der Waals surface area contributed by atoms with Gasteiger partial charge in [-0.1, -0.05) is 6.07 Å². The normalized spacial score (nSPS) is 23.3. The number of pyridine rings is 1. The Morgan fingerprint density at radius 1 is 1.24 bits per heavy atom. The smallest absolute Gasteiger partial charge is 0.257 e. The first-order chi connectivity index (χ1) is 12.2. The van der Waals surface area contributed by atoms with E-state index in [4.69, 9.17) is 4.42 Å². The average molecular weight is 339 g/mol. The Morgan fingerprint density at radius 3 is 2.76 bits per heavy atom. The molecule has 0 bridgehead atoms. The van der Waals surface area contributed by atoms with Gasteiger partial charge in [-0.3, -0.25) is 14.6 Å². The minimum absolute atomic E-state index is 0.00244. The van der Waals surface area contributed by atoms with Gasteiger partial charge in [-0.25, -0.2) is 0 Å². The van der Waals surface area contributed by atoms with Crippen LogP contribution in [0, 0.1) is 5.92 Å². The third-order valence-corrected chi connectivity index (χ3v) is 5.14. The quantitative estimate of drug-likeness (QED) is 0.926. The number of nitrogens with zero attached hydrogens (tertiary/aromatic N) is 2. The molecule has 0 unspecified atom stereocenters. The maximum atomic E-state index is 12.4. The molecule has 25 heavy (non-hydrogen) atoms. The van der Waals surface area contributed by atoms with Crippen LogP contribution in [0.25, 0.3) is 0 Å². The summed E-state index contributed by atoms with van der Waals surface area (Å²) in [4.78, 5) is 30.7. The molecule has 1 saturated heterocycles. The van der Waals surface area contributed by atoms with Crippen molar-refractivity contribution in [2.75, 3.05) is 13.1 Å². The largest absolute Gasteiger partial charge is 0.472 e. The molecule has 0 aromatic carbocycles. The van der Waals surface area contributed by atoms with Crippen LogP contribution in [-0.2, 0) is 4.79 Å². The van der Waals surface area contributed by atoms with Crippen molar-refractivity contribution >= 4 is 11.8 Å². The molecular weight excluding hydrogens is 318 g/mol. The van der Waals surface area contributed by atoms with Crippen molar-refractivity contribution in [2.24, 2.45) is 5.92 Å². The predicted molar refractivity (Wildman–Crippen MR) is 90.9 cm³/mol. The summed E-state index contributed by atoms with van der Waals surface area (Å²) in [6.07, 6.45) is 9.06. The van der Waals surface area contributed by atoms with Crippen molar-refractivity contribution < 1.29 is 14.0 Å². The molecule has 1 saturated carbocycles. The lowest BCUT2D eigenvalue weighted by atomic mass is 10.0. The molecule has 6 heteroatoms. The van der Waals surface area contributed by atoms with Crippen molar-refractivity contribution in [1.82, 2.24) is 15.2 Å². The van der Waals surface area contributed by atoms with Crippen molar-refractivity contribution in [3.63, 3.8) is 0 Å². The van der Waals surface area contributed by atoms with Gasteiger partial charge >= 0.3 is 0 Å². The van der Waals surface area contributed by atoms with E-state index >= 15 is 0 Å². The van der Waals surface area contributed by atoms with Crippen LogP contribution in [0.4, 0.5) is 0 Å². The summed E-state index contributed by atoms with van der Waals surface area (Å²) in [5.74, 6) is 0.497. The summed E-state index contributed by atoms with van der Waals surface area (Å²) >= 11 is 0. The lowest BCUT2D eigenvalue weighted by Crippen LogP contribution is -2.47. The number of carbonyl (C=O) groups is 2. The van der Waals surface area contributed by atoms with E-state index in [1.165, 1.54) is 12.5 Å². The molecule has 1 aliphatic carbocycles. The average Bonchev–Trinajstić information content (AvgIpc) is 3.28. The molecular formula is C19H21N3O3. The van der Waals surface area contributed by atoms with Gasteiger partial charge in [0.05, 0.1) is 11.8 Å². The molecule has 0 radical (unpaired) electrons. The van der Waals surface area contributed by atoms with Crippen LogP contribution >= 0.6 is 0 Å². The van der Waals surface area contributed by atoms with E-state index in [9.17, 15) is 9.59 Å². The maximum Gasteiger partial charge on any atom is 0.257 e. The van der Waals surface area contributed by atoms with E-state index in [1.54, 1.807) is 12.3 Å². The minimum atomic E-state index is -0.00244. The fourth-order valence-electron chi connectivity index (χ4n) is 3.55. The number of rotatable bonds is 4. The van der Waals surface area contributed by atoms with E-state index in [0.29, 0.717) is 24.6 Å². The van der Waals surface area contributed by atoms with Crippen LogP contribution in [-0.4, -0.2) is 40.8 Å². The standard InChI is InChI=1S/C19H21N3O3/c23-18(17-10-16(17)13-2-1-6-20-11-13)21-15-3-7-22(8-4-15)19(24)14-5-9-25-12-14/h1-2,5-6,9,11-12,15-17H,3-4,7-8,10H2,(H,21,23)/t16-,17-/m0/s1. The molecule has 2 aromatic heterocycles. The molecule has 2 amide bonds. The topological polar surface area (TPSA) is 75.4 Å². The molecule has 1 N–H and O–H groups in total. The van der Waals surface area contributed by atoms with Crippen LogP contribution in [0.1, 0.15) is 41.1 Å². The summed E-state index contributed by atoms with van der Waals surface area (Å²) < 4.78 is 4.97. The Bertz CT molecular complexity index is 737. The van der Waals surface area contributed by atoms with E-state index < -0.39 is 0 Å².